The van der Waals surface area contributed by atoms with E-state index in [1.165, 1.54) is 37.1 Å². The van der Waals surface area contributed by atoms with E-state index in [4.69, 9.17) is 0 Å². The summed E-state index contributed by atoms with van der Waals surface area (Å²) < 4.78 is 0. The molecule has 2 unspecified atom stereocenters. The van der Waals surface area contributed by atoms with Crippen molar-refractivity contribution in [1.29, 1.82) is 0 Å². The minimum atomic E-state index is -0.204. The van der Waals surface area contributed by atoms with Crippen LogP contribution in [0.25, 0.3) is 0 Å². The minimum absolute atomic E-state index is 0.204. The molecule has 0 radical (unpaired) electrons. The van der Waals surface area contributed by atoms with E-state index in [-0.39, 0.29) is 10.0 Å². The minimum Gasteiger partial charge on any atom is -0.389 e. The first kappa shape index (κ1) is 17.4. The maximum absolute atomic E-state index is 4.14. The standard InChI is InChI=1S/C16H27NS.C2H6/c1-4-5-6-7-8-11-17-14(2)9-10-15-12-16-13-18(15,16)3;1-2/h4,12,15,17H,1-2,5-11,13H2,3H3;1-2H3. The molecule has 0 aromatic heterocycles. The fourth-order valence-electron chi connectivity index (χ4n) is 2.66. The molecule has 0 aromatic carbocycles. The topological polar surface area (TPSA) is 12.0 Å². The van der Waals surface area contributed by atoms with Crippen molar-refractivity contribution in [2.24, 2.45) is 0 Å². The number of hydrogen-bond donors (Lipinski definition) is 1. The lowest BCUT2D eigenvalue weighted by Gasteiger charge is -2.31. The van der Waals surface area contributed by atoms with E-state index in [9.17, 15) is 0 Å². The predicted octanol–water partition coefficient (Wildman–Crippen LogP) is 5.36. The van der Waals surface area contributed by atoms with Crippen LogP contribution in [0.15, 0.2) is 35.9 Å². The van der Waals surface area contributed by atoms with Crippen LogP contribution in [0.3, 0.4) is 0 Å². The lowest BCUT2D eigenvalue weighted by molar-refractivity contribution is 0.632. The van der Waals surface area contributed by atoms with E-state index in [2.05, 4.69) is 30.8 Å². The van der Waals surface area contributed by atoms with Gasteiger partial charge in [-0.3, -0.25) is 0 Å². The first-order valence-electron chi connectivity index (χ1n) is 8.15. The van der Waals surface area contributed by atoms with Crippen LogP contribution in [-0.4, -0.2) is 23.8 Å². The number of rotatable bonds is 10. The number of fused-ring (bicyclic) bond motifs is 1. The van der Waals surface area contributed by atoms with Crippen molar-refractivity contribution in [3.8, 4) is 0 Å². The molecule has 0 bridgehead atoms. The van der Waals surface area contributed by atoms with Crippen molar-refractivity contribution in [3.63, 3.8) is 0 Å². The highest BCUT2D eigenvalue weighted by molar-refractivity contribution is 8.44. The lowest BCUT2D eigenvalue weighted by atomic mass is 10.1. The van der Waals surface area contributed by atoms with Crippen molar-refractivity contribution >= 4 is 10.0 Å². The van der Waals surface area contributed by atoms with Crippen molar-refractivity contribution < 1.29 is 0 Å². The molecule has 1 saturated heterocycles. The molecule has 0 spiro atoms. The molecule has 0 amide bonds. The molecule has 2 atom stereocenters. The van der Waals surface area contributed by atoms with Crippen LogP contribution >= 0.6 is 10.0 Å². The van der Waals surface area contributed by atoms with Gasteiger partial charge in [0.2, 0.25) is 0 Å². The summed E-state index contributed by atoms with van der Waals surface area (Å²) in [6, 6.07) is 0. The normalized spacial score (nSPS) is 28.6. The van der Waals surface area contributed by atoms with Gasteiger partial charge in [0, 0.05) is 23.2 Å². The zero-order chi connectivity index (χ0) is 15.0. The van der Waals surface area contributed by atoms with Gasteiger partial charge in [0.25, 0.3) is 0 Å². The summed E-state index contributed by atoms with van der Waals surface area (Å²) in [5.41, 5.74) is 1.24. The van der Waals surface area contributed by atoms with Crippen molar-refractivity contribution in [1.82, 2.24) is 5.32 Å². The Morgan fingerprint density at radius 1 is 1.40 bits per heavy atom. The summed E-state index contributed by atoms with van der Waals surface area (Å²) in [6.45, 7) is 13.0. The molecule has 20 heavy (non-hydrogen) atoms. The van der Waals surface area contributed by atoms with Gasteiger partial charge in [-0.2, -0.15) is 0 Å². The maximum Gasteiger partial charge on any atom is 0.0143 e. The second kappa shape index (κ2) is 8.61. The number of allylic oxidation sites excluding steroid dienone is 2. The summed E-state index contributed by atoms with van der Waals surface area (Å²) in [4.78, 5) is 1.79. The third kappa shape index (κ3) is 4.73. The zero-order valence-corrected chi connectivity index (χ0v) is 14.5. The molecule has 0 aromatic rings. The second-order valence-electron chi connectivity index (χ2n) is 5.68. The first-order valence-corrected chi connectivity index (χ1v) is 10.4. The monoisotopic (exact) mass is 295 g/mol. The predicted molar refractivity (Wildman–Crippen MR) is 96.6 cm³/mol. The third-order valence-electron chi connectivity index (χ3n) is 4.18. The molecule has 2 rings (SSSR count). The van der Waals surface area contributed by atoms with Crippen LogP contribution in [0.1, 0.15) is 52.4 Å². The van der Waals surface area contributed by atoms with Crippen LogP contribution < -0.4 is 5.32 Å². The third-order valence-corrected chi connectivity index (χ3v) is 7.93. The lowest BCUT2D eigenvalue weighted by Crippen LogP contribution is -2.17. The van der Waals surface area contributed by atoms with E-state index < -0.39 is 0 Å². The van der Waals surface area contributed by atoms with Gasteiger partial charge in [-0.25, -0.2) is 10.0 Å². The van der Waals surface area contributed by atoms with Crippen LogP contribution in [-0.2, 0) is 0 Å². The van der Waals surface area contributed by atoms with Crippen molar-refractivity contribution in [3.05, 3.63) is 35.9 Å². The summed E-state index contributed by atoms with van der Waals surface area (Å²) in [7, 11) is -0.204. The second-order valence-corrected chi connectivity index (χ2v) is 9.41. The van der Waals surface area contributed by atoms with Crippen molar-refractivity contribution in [2.75, 3.05) is 18.6 Å². The number of nitrogens with one attached hydrogen (secondary N) is 1. The largest absolute Gasteiger partial charge is 0.389 e. The maximum atomic E-state index is 4.14. The molecular weight excluding hydrogens is 262 g/mol. The summed E-state index contributed by atoms with van der Waals surface area (Å²) in [5, 5.41) is 4.39. The Morgan fingerprint density at radius 2 is 2.15 bits per heavy atom. The molecule has 1 fully saturated rings. The van der Waals surface area contributed by atoms with E-state index >= 15 is 0 Å². The van der Waals surface area contributed by atoms with Crippen molar-refractivity contribution in [2.45, 2.75) is 57.6 Å². The highest BCUT2D eigenvalue weighted by atomic mass is 32.3. The summed E-state index contributed by atoms with van der Waals surface area (Å²) in [6.07, 6.45) is 14.5. The molecule has 2 aliphatic rings. The Bertz CT molecular complexity index is 358. The van der Waals surface area contributed by atoms with Crippen LogP contribution in [0.5, 0.6) is 0 Å². The molecule has 2 heteroatoms. The van der Waals surface area contributed by atoms with E-state index in [1.54, 1.807) is 4.91 Å². The molecule has 116 valence electrons. The molecule has 1 nitrogen and oxygen atoms in total. The highest BCUT2D eigenvalue weighted by Gasteiger charge is 2.51. The van der Waals surface area contributed by atoms with Gasteiger partial charge in [-0.05, 0) is 43.3 Å². The van der Waals surface area contributed by atoms with Gasteiger partial charge in [-0.15, -0.1) is 6.58 Å². The van der Waals surface area contributed by atoms with Crippen LogP contribution in [0.2, 0.25) is 0 Å². The quantitative estimate of drug-likeness (QED) is 0.325. The zero-order valence-electron chi connectivity index (χ0n) is 13.7. The SMILES string of the molecule is C=CCCCCCNC(=C)CCC1C=C2CS21C.CC. The average Bonchev–Trinajstić information content (AvgIpc) is 2.99. The highest BCUT2D eigenvalue weighted by Crippen LogP contribution is 2.80. The first-order chi connectivity index (χ1) is 9.66. The van der Waals surface area contributed by atoms with Gasteiger partial charge in [0.1, 0.15) is 0 Å². The fourth-order valence-corrected chi connectivity index (χ4v) is 5.80. The van der Waals surface area contributed by atoms with E-state index in [0.29, 0.717) is 0 Å². The van der Waals surface area contributed by atoms with Crippen LogP contribution in [0.4, 0.5) is 0 Å². The van der Waals surface area contributed by atoms with E-state index in [1.807, 2.05) is 19.9 Å². The summed E-state index contributed by atoms with van der Waals surface area (Å²) in [5.74, 6) is 1.45. The Morgan fingerprint density at radius 3 is 2.70 bits per heavy atom. The number of unbranched alkanes of at least 4 members (excludes halogenated alkanes) is 3. The van der Waals surface area contributed by atoms with Crippen LogP contribution in [0, 0.1) is 0 Å². The molecular formula is C18H33NS. The molecule has 0 saturated carbocycles. The Balaban J connectivity index is 0.000000956. The Kier molecular flexibility index (Phi) is 7.50. The summed E-state index contributed by atoms with van der Waals surface area (Å²) >= 11 is 0. The molecule has 2 heterocycles. The molecule has 1 N–H and O–H groups in total. The van der Waals surface area contributed by atoms with Gasteiger partial charge in [0.15, 0.2) is 0 Å². The Hall–Kier alpha value is -0.630. The smallest absolute Gasteiger partial charge is 0.0143 e. The average molecular weight is 296 g/mol. The molecule has 0 aliphatic carbocycles. The van der Waals surface area contributed by atoms with Gasteiger partial charge < -0.3 is 5.32 Å². The molecule has 2 aliphatic heterocycles. The number of hydrogen-bond acceptors (Lipinski definition) is 1. The Labute approximate surface area is 127 Å². The van der Waals surface area contributed by atoms with Gasteiger partial charge in [-0.1, -0.05) is 39.0 Å². The van der Waals surface area contributed by atoms with Gasteiger partial charge >= 0.3 is 0 Å². The van der Waals surface area contributed by atoms with Gasteiger partial charge in [0.05, 0.1) is 0 Å². The fraction of sp³-hybridized carbons (Fsp3) is 0.667. The van der Waals surface area contributed by atoms with E-state index in [0.717, 1.165) is 24.6 Å².